The molecule has 1 aliphatic rings. The summed E-state index contributed by atoms with van der Waals surface area (Å²) < 4.78 is 44.1. The Morgan fingerprint density at radius 1 is 1.16 bits per heavy atom. The zero-order valence-electron chi connectivity index (χ0n) is 12.6. The van der Waals surface area contributed by atoms with Gasteiger partial charge in [-0.25, -0.2) is 4.99 Å². The molecule has 8 heteroatoms. The first-order valence-electron chi connectivity index (χ1n) is 7.09. The number of furan rings is 1. The summed E-state index contributed by atoms with van der Waals surface area (Å²) in [6.07, 6.45) is 1.83. The average Bonchev–Trinajstić information content (AvgIpc) is 3.17. The van der Waals surface area contributed by atoms with Gasteiger partial charge in [-0.3, -0.25) is 4.79 Å². The molecule has 0 saturated carbocycles. The van der Waals surface area contributed by atoms with Gasteiger partial charge in [0, 0.05) is 0 Å². The van der Waals surface area contributed by atoms with Crippen molar-refractivity contribution in [1.82, 2.24) is 5.32 Å². The Morgan fingerprint density at radius 3 is 2.68 bits per heavy atom. The molecule has 3 rings (SSSR count). The first-order valence-corrected chi connectivity index (χ1v) is 7.91. The van der Waals surface area contributed by atoms with Crippen LogP contribution in [0.4, 0.5) is 18.9 Å². The van der Waals surface area contributed by atoms with Gasteiger partial charge in [-0.2, -0.15) is 13.2 Å². The molecule has 0 aliphatic carbocycles. The highest BCUT2D eigenvalue weighted by molar-refractivity contribution is 8.18. The van der Waals surface area contributed by atoms with Gasteiger partial charge in [-0.1, -0.05) is 18.2 Å². The lowest BCUT2D eigenvalue weighted by molar-refractivity contribution is -0.137. The predicted octanol–water partition coefficient (Wildman–Crippen LogP) is 4.75. The van der Waals surface area contributed by atoms with Crippen molar-refractivity contribution >= 4 is 34.6 Å². The number of halogens is 3. The third-order valence-corrected chi connectivity index (χ3v) is 4.06. The lowest BCUT2D eigenvalue weighted by Crippen LogP contribution is -2.19. The van der Waals surface area contributed by atoms with Gasteiger partial charge in [-0.05, 0) is 48.2 Å². The van der Waals surface area contributed by atoms with E-state index in [1.807, 2.05) is 0 Å². The number of nitrogens with zero attached hydrogens (tertiary/aromatic N) is 1. The Morgan fingerprint density at radius 2 is 1.96 bits per heavy atom. The number of aliphatic imine (C=N–C) groups is 1. The summed E-state index contributed by atoms with van der Waals surface area (Å²) in [6.45, 7) is 0. The molecule has 1 fully saturated rings. The van der Waals surface area contributed by atoms with Crippen molar-refractivity contribution in [3.63, 3.8) is 0 Å². The number of para-hydroxylation sites is 1. The van der Waals surface area contributed by atoms with Gasteiger partial charge < -0.3 is 9.73 Å². The number of nitrogens with one attached hydrogen (secondary N) is 1. The summed E-state index contributed by atoms with van der Waals surface area (Å²) in [4.78, 5) is 16.1. The molecule has 0 spiro atoms. The molecule has 25 heavy (non-hydrogen) atoms. The molecule has 1 amide bonds. The van der Waals surface area contributed by atoms with Crippen molar-refractivity contribution in [2.24, 2.45) is 4.99 Å². The maximum absolute atomic E-state index is 13.0. The highest BCUT2D eigenvalue weighted by Gasteiger charge is 2.33. The van der Waals surface area contributed by atoms with Gasteiger partial charge in [0.25, 0.3) is 5.91 Å². The van der Waals surface area contributed by atoms with Crippen molar-refractivity contribution in [3.05, 3.63) is 71.0 Å². The predicted molar refractivity (Wildman–Crippen MR) is 90.1 cm³/mol. The molecule has 1 aliphatic heterocycles. The lowest BCUT2D eigenvalue weighted by Gasteiger charge is -2.09. The van der Waals surface area contributed by atoms with E-state index in [-0.39, 0.29) is 10.9 Å². The Bertz CT molecular complexity index is 868. The summed E-state index contributed by atoms with van der Waals surface area (Å²) in [5, 5.41) is 2.55. The summed E-state index contributed by atoms with van der Waals surface area (Å²) in [6, 6.07) is 8.42. The second kappa shape index (κ2) is 7.02. The van der Waals surface area contributed by atoms with Gasteiger partial charge >= 0.3 is 6.18 Å². The van der Waals surface area contributed by atoms with Crippen molar-refractivity contribution < 1.29 is 22.4 Å². The second-order valence-electron chi connectivity index (χ2n) is 4.89. The fourth-order valence-corrected chi connectivity index (χ4v) is 2.82. The molecule has 1 saturated heterocycles. The number of benzene rings is 1. The highest BCUT2D eigenvalue weighted by Crippen LogP contribution is 2.37. The van der Waals surface area contributed by atoms with Gasteiger partial charge in [0.15, 0.2) is 5.17 Å². The van der Waals surface area contributed by atoms with Gasteiger partial charge in [0.05, 0.1) is 22.4 Å². The fourth-order valence-electron chi connectivity index (χ4n) is 2.03. The Hall–Kier alpha value is -2.74. The standard InChI is InChI=1S/C17H11F3N2O2S/c18-17(19,20)12-7-1-2-8-13(12)21-16-22-15(23)14(25-16)9-3-5-11-6-4-10-24-11/h1-10H,(H,21,22,23). The normalized spacial score (nSPS) is 18.4. The molecule has 0 bridgehead atoms. The monoisotopic (exact) mass is 364 g/mol. The van der Waals surface area contributed by atoms with Crippen LogP contribution < -0.4 is 5.32 Å². The molecule has 1 N–H and O–H groups in total. The largest absolute Gasteiger partial charge is 0.465 e. The molecule has 1 aromatic heterocycles. The Kier molecular flexibility index (Phi) is 4.80. The zero-order valence-corrected chi connectivity index (χ0v) is 13.4. The van der Waals surface area contributed by atoms with Crippen molar-refractivity contribution in [2.45, 2.75) is 6.18 Å². The first kappa shape index (κ1) is 17.1. The summed E-state index contributed by atoms with van der Waals surface area (Å²) in [5.41, 5.74) is -1.10. The summed E-state index contributed by atoms with van der Waals surface area (Å²) >= 11 is 0.971. The van der Waals surface area contributed by atoms with E-state index in [1.54, 1.807) is 30.4 Å². The summed E-state index contributed by atoms with van der Waals surface area (Å²) in [7, 11) is 0. The van der Waals surface area contributed by atoms with E-state index in [4.69, 9.17) is 4.42 Å². The number of thioether (sulfide) groups is 1. The van der Waals surface area contributed by atoms with E-state index >= 15 is 0 Å². The molecule has 4 nitrogen and oxygen atoms in total. The molecule has 2 aromatic rings. The van der Waals surface area contributed by atoms with Gasteiger partial charge in [-0.15, -0.1) is 0 Å². The minimum atomic E-state index is -4.52. The van der Waals surface area contributed by atoms with Gasteiger partial charge in [0.1, 0.15) is 5.76 Å². The van der Waals surface area contributed by atoms with Crippen molar-refractivity contribution in [2.75, 3.05) is 0 Å². The fraction of sp³-hybridized carbons (Fsp3) is 0.0588. The van der Waals surface area contributed by atoms with E-state index < -0.39 is 17.6 Å². The van der Waals surface area contributed by atoms with E-state index in [1.165, 1.54) is 24.5 Å². The molecule has 2 heterocycles. The number of hydrogen-bond acceptors (Lipinski definition) is 4. The van der Waals surface area contributed by atoms with Crippen LogP contribution >= 0.6 is 11.8 Å². The summed E-state index contributed by atoms with van der Waals surface area (Å²) in [5.74, 6) is 0.200. The SMILES string of the molecule is O=C1NC(=Nc2ccccc2C(F)(F)F)SC1=CC=Cc1ccco1. The number of carbonyl (C=O) groups is 1. The number of rotatable bonds is 3. The van der Waals surface area contributed by atoms with Crippen molar-refractivity contribution in [3.8, 4) is 0 Å². The number of hydrogen-bond donors (Lipinski definition) is 1. The smallest absolute Gasteiger partial charge is 0.418 e. The van der Waals surface area contributed by atoms with Crippen LogP contribution in [-0.4, -0.2) is 11.1 Å². The Labute approximate surface area is 145 Å². The van der Waals surface area contributed by atoms with E-state index in [2.05, 4.69) is 10.3 Å². The third kappa shape index (κ3) is 4.21. The minimum Gasteiger partial charge on any atom is -0.465 e. The molecule has 128 valence electrons. The number of amides is 1. The average molecular weight is 364 g/mol. The molecular weight excluding hydrogens is 353 g/mol. The van der Waals surface area contributed by atoms with Crippen LogP contribution in [-0.2, 0) is 11.0 Å². The second-order valence-corrected chi connectivity index (χ2v) is 5.92. The van der Waals surface area contributed by atoms with Gasteiger partial charge in [0.2, 0.25) is 0 Å². The van der Waals surface area contributed by atoms with Crippen LogP contribution in [0, 0.1) is 0 Å². The first-order chi connectivity index (χ1) is 11.9. The number of carbonyl (C=O) groups excluding carboxylic acids is 1. The molecular formula is C17H11F3N2O2S. The number of allylic oxidation sites excluding steroid dienone is 2. The maximum atomic E-state index is 13.0. The van der Waals surface area contributed by atoms with Crippen LogP contribution in [0.15, 0.2) is 69.1 Å². The van der Waals surface area contributed by atoms with Crippen LogP contribution in [0.1, 0.15) is 11.3 Å². The molecule has 0 atom stereocenters. The third-order valence-electron chi connectivity index (χ3n) is 3.13. The van der Waals surface area contributed by atoms with E-state index in [9.17, 15) is 18.0 Å². The topological polar surface area (TPSA) is 54.6 Å². The number of alkyl halides is 3. The zero-order chi connectivity index (χ0) is 17.9. The van der Waals surface area contributed by atoms with Crippen molar-refractivity contribution in [1.29, 1.82) is 0 Å². The maximum Gasteiger partial charge on any atom is 0.418 e. The Balaban J connectivity index is 1.80. The van der Waals surface area contributed by atoms with Crippen LogP contribution in [0.25, 0.3) is 6.08 Å². The lowest BCUT2D eigenvalue weighted by atomic mass is 10.2. The van der Waals surface area contributed by atoms with Crippen LogP contribution in [0.2, 0.25) is 0 Å². The molecule has 1 aromatic carbocycles. The van der Waals surface area contributed by atoms with Crippen LogP contribution in [0.3, 0.4) is 0 Å². The quantitative estimate of drug-likeness (QED) is 0.800. The molecule has 0 radical (unpaired) electrons. The highest BCUT2D eigenvalue weighted by atomic mass is 32.2. The van der Waals surface area contributed by atoms with Crippen LogP contribution in [0.5, 0.6) is 0 Å². The minimum absolute atomic E-state index is 0.0966. The number of amidine groups is 1. The molecule has 0 unspecified atom stereocenters. The van der Waals surface area contributed by atoms with E-state index in [0.717, 1.165) is 17.8 Å². The van der Waals surface area contributed by atoms with E-state index in [0.29, 0.717) is 10.7 Å².